The van der Waals surface area contributed by atoms with Crippen molar-refractivity contribution in [2.45, 2.75) is 37.4 Å². The van der Waals surface area contributed by atoms with Gasteiger partial charge in [0.05, 0.1) is 0 Å². The van der Waals surface area contributed by atoms with E-state index in [0.29, 0.717) is 17.1 Å². The van der Waals surface area contributed by atoms with Crippen LogP contribution in [0.1, 0.15) is 19.3 Å². The van der Waals surface area contributed by atoms with Gasteiger partial charge >= 0.3 is 6.03 Å². The first-order valence-corrected chi connectivity index (χ1v) is 8.08. The van der Waals surface area contributed by atoms with Crippen LogP contribution in [0.15, 0.2) is 42.7 Å². The van der Waals surface area contributed by atoms with Crippen molar-refractivity contribution in [3.63, 3.8) is 0 Å². The summed E-state index contributed by atoms with van der Waals surface area (Å²) in [6, 6.07) is 10.8. The maximum atomic E-state index is 12.4. The summed E-state index contributed by atoms with van der Waals surface area (Å²) in [5.74, 6) is 0. The summed E-state index contributed by atoms with van der Waals surface area (Å²) in [4.78, 5) is 12.4. The first-order chi connectivity index (χ1) is 10.7. The van der Waals surface area contributed by atoms with Crippen LogP contribution in [0.25, 0.3) is 11.1 Å². The predicted octanol–water partition coefficient (Wildman–Crippen LogP) is 3.26. The summed E-state index contributed by atoms with van der Waals surface area (Å²) in [5, 5.41) is 7.37. The van der Waals surface area contributed by atoms with E-state index in [2.05, 4.69) is 10.6 Å². The molecular weight excluding hydrogens is 298 g/mol. The maximum absolute atomic E-state index is 12.4. The number of benzene rings is 1. The average molecular weight is 316 g/mol. The molecule has 3 unspecified atom stereocenters. The van der Waals surface area contributed by atoms with Gasteiger partial charge in [0.15, 0.2) is 0 Å². The third-order valence-electron chi connectivity index (χ3n) is 4.69. The van der Waals surface area contributed by atoms with E-state index >= 15 is 0 Å². The van der Waals surface area contributed by atoms with Crippen molar-refractivity contribution in [2.75, 3.05) is 0 Å². The number of carbonyl (C=O) groups is 1. The van der Waals surface area contributed by atoms with Crippen molar-refractivity contribution >= 4 is 17.6 Å². The van der Waals surface area contributed by atoms with Crippen LogP contribution in [0.5, 0.6) is 0 Å². The fourth-order valence-electron chi connectivity index (χ4n) is 3.58. The molecule has 0 aliphatic carbocycles. The zero-order valence-corrected chi connectivity index (χ0v) is 12.9. The number of fused-ring (bicyclic) bond motifs is 2. The van der Waals surface area contributed by atoms with Gasteiger partial charge < -0.3 is 10.6 Å². The standard InChI is InChI=1S/C17H18ClN3O/c18-13-3-1-2-11(8-13)12-6-7-21(10-12)17(22)20-16-9-14-4-5-15(16)19-14/h1-3,6-8,10,14-16,19H,4-5,9H2,(H,20,22). The van der Waals surface area contributed by atoms with Crippen LogP contribution in [0.3, 0.4) is 0 Å². The van der Waals surface area contributed by atoms with Crippen LogP contribution in [0.4, 0.5) is 4.79 Å². The average Bonchev–Trinajstić information content (AvgIpc) is 3.23. The van der Waals surface area contributed by atoms with E-state index in [-0.39, 0.29) is 12.1 Å². The Kier molecular flexibility index (Phi) is 3.43. The lowest BCUT2D eigenvalue weighted by Crippen LogP contribution is -2.44. The number of hydrogen-bond acceptors (Lipinski definition) is 2. The minimum Gasteiger partial charge on any atom is -0.333 e. The molecule has 2 bridgehead atoms. The smallest absolute Gasteiger partial charge is 0.325 e. The quantitative estimate of drug-likeness (QED) is 0.893. The molecule has 1 aromatic heterocycles. The minimum absolute atomic E-state index is 0.0624. The molecule has 2 saturated heterocycles. The third kappa shape index (κ3) is 2.53. The minimum atomic E-state index is -0.0624. The Morgan fingerprint density at radius 3 is 2.91 bits per heavy atom. The first kappa shape index (κ1) is 13.9. The van der Waals surface area contributed by atoms with Crippen LogP contribution < -0.4 is 10.6 Å². The summed E-state index contributed by atoms with van der Waals surface area (Å²) in [6.07, 6.45) is 7.08. The van der Waals surface area contributed by atoms with E-state index in [1.54, 1.807) is 10.8 Å². The number of nitrogens with zero attached hydrogens (tertiary/aromatic N) is 1. The maximum Gasteiger partial charge on any atom is 0.325 e. The molecule has 114 valence electrons. The predicted molar refractivity (Wildman–Crippen MR) is 87.2 cm³/mol. The van der Waals surface area contributed by atoms with Gasteiger partial charge in [-0.15, -0.1) is 0 Å². The van der Waals surface area contributed by atoms with Crippen molar-refractivity contribution in [1.82, 2.24) is 15.2 Å². The van der Waals surface area contributed by atoms with E-state index in [1.807, 2.05) is 36.5 Å². The number of carbonyl (C=O) groups excluding carboxylic acids is 1. The number of hydrogen-bond donors (Lipinski definition) is 2. The second-order valence-corrected chi connectivity index (χ2v) is 6.59. The van der Waals surface area contributed by atoms with Crippen molar-refractivity contribution < 1.29 is 4.79 Å². The second-order valence-electron chi connectivity index (χ2n) is 6.16. The van der Waals surface area contributed by atoms with Crippen LogP contribution in [0.2, 0.25) is 5.02 Å². The Morgan fingerprint density at radius 2 is 2.18 bits per heavy atom. The molecule has 3 atom stereocenters. The highest BCUT2D eigenvalue weighted by Crippen LogP contribution is 2.28. The summed E-state index contributed by atoms with van der Waals surface area (Å²) in [7, 11) is 0. The van der Waals surface area contributed by atoms with Gasteiger partial charge in [-0.25, -0.2) is 4.79 Å². The van der Waals surface area contributed by atoms with Crippen LogP contribution in [-0.2, 0) is 0 Å². The molecule has 2 N–H and O–H groups in total. The molecule has 2 aliphatic rings. The topological polar surface area (TPSA) is 46.1 Å². The molecule has 1 aromatic carbocycles. The van der Waals surface area contributed by atoms with Crippen LogP contribution in [-0.4, -0.2) is 28.7 Å². The molecule has 2 fully saturated rings. The van der Waals surface area contributed by atoms with Gasteiger partial charge in [0.25, 0.3) is 0 Å². The van der Waals surface area contributed by atoms with E-state index in [0.717, 1.165) is 24.0 Å². The first-order valence-electron chi connectivity index (χ1n) is 7.70. The van der Waals surface area contributed by atoms with Gasteiger partial charge in [0, 0.05) is 35.5 Å². The molecule has 0 saturated carbocycles. The zero-order valence-electron chi connectivity index (χ0n) is 12.1. The lowest BCUT2D eigenvalue weighted by atomic mass is 9.96. The molecule has 4 rings (SSSR count). The second kappa shape index (κ2) is 5.45. The summed E-state index contributed by atoms with van der Waals surface area (Å²) >= 11 is 6.02. The van der Waals surface area contributed by atoms with E-state index < -0.39 is 0 Å². The fraction of sp³-hybridized carbons (Fsp3) is 0.353. The number of aromatic nitrogens is 1. The van der Waals surface area contributed by atoms with Crippen molar-refractivity contribution in [1.29, 1.82) is 0 Å². The molecule has 4 nitrogen and oxygen atoms in total. The largest absolute Gasteiger partial charge is 0.333 e. The van der Waals surface area contributed by atoms with Gasteiger partial charge in [-0.05, 0) is 48.6 Å². The summed E-state index contributed by atoms with van der Waals surface area (Å²) in [5.41, 5.74) is 2.00. The Balaban J connectivity index is 1.48. The van der Waals surface area contributed by atoms with Gasteiger partial charge in [0.1, 0.15) is 0 Å². The molecule has 2 aliphatic heterocycles. The number of nitrogens with one attached hydrogen (secondary N) is 2. The third-order valence-corrected chi connectivity index (χ3v) is 4.93. The molecular formula is C17H18ClN3O. The van der Waals surface area contributed by atoms with Gasteiger partial charge in [-0.3, -0.25) is 4.57 Å². The highest BCUT2D eigenvalue weighted by molar-refractivity contribution is 6.30. The molecule has 0 radical (unpaired) electrons. The van der Waals surface area contributed by atoms with Gasteiger partial charge in [-0.2, -0.15) is 0 Å². The Labute approximate surface area is 134 Å². The van der Waals surface area contributed by atoms with E-state index in [1.165, 1.54) is 6.42 Å². The molecule has 1 amide bonds. The highest BCUT2D eigenvalue weighted by atomic mass is 35.5. The van der Waals surface area contributed by atoms with E-state index in [4.69, 9.17) is 11.6 Å². The van der Waals surface area contributed by atoms with Crippen molar-refractivity contribution in [3.05, 3.63) is 47.7 Å². The van der Waals surface area contributed by atoms with Gasteiger partial charge in [0.2, 0.25) is 0 Å². The Morgan fingerprint density at radius 1 is 1.27 bits per heavy atom. The molecule has 5 heteroatoms. The van der Waals surface area contributed by atoms with Crippen LogP contribution in [0, 0.1) is 0 Å². The fourth-order valence-corrected chi connectivity index (χ4v) is 3.77. The molecule has 22 heavy (non-hydrogen) atoms. The normalized spacial score (nSPS) is 26.3. The summed E-state index contributed by atoms with van der Waals surface area (Å²) < 4.78 is 1.61. The van der Waals surface area contributed by atoms with Crippen molar-refractivity contribution in [2.24, 2.45) is 0 Å². The SMILES string of the molecule is O=C(NC1CC2CCC1N2)n1ccc(-c2cccc(Cl)c2)c1. The van der Waals surface area contributed by atoms with Crippen molar-refractivity contribution in [3.8, 4) is 11.1 Å². The molecule has 3 heterocycles. The van der Waals surface area contributed by atoms with E-state index in [9.17, 15) is 4.79 Å². The Hall–Kier alpha value is -1.78. The summed E-state index contributed by atoms with van der Waals surface area (Å²) in [6.45, 7) is 0. The number of amides is 1. The Bertz CT molecular complexity index is 711. The lowest BCUT2D eigenvalue weighted by Gasteiger charge is -2.21. The molecule has 2 aromatic rings. The number of rotatable bonds is 2. The number of halogens is 1. The highest BCUT2D eigenvalue weighted by Gasteiger charge is 2.39. The lowest BCUT2D eigenvalue weighted by molar-refractivity contribution is 0.236. The molecule has 0 spiro atoms. The van der Waals surface area contributed by atoms with Gasteiger partial charge in [-0.1, -0.05) is 23.7 Å². The monoisotopic (exact) mass is 315 g/mol. The zero-order chi connectivity index (χ0) is 15.1. The van der Waals surface area contributed by atoms with Crippen LogP contribution >= 0.6 is 11.6 Å².